The van der Waals surface area contributed by atoms with E-state index < -0.39 is 0 Å². The first kappa shape index (κ1) is 9.09. The Labute approximate surface area is 91.2 Å². The minimum Gasteiger partial charge on any atom is -0.135 e. The molecule has 0 atom stereocenters. The highest BCUT2D eigenvalue weighted by Crippen LogP contribution is 2.06. The Kier molecular flexibility index (Phi) is 3.03. The largest absolute Gasteiger partial charge is 0.135 e. The number of thiophene rings is 2. The SMILES string of the molecule is C(C#Cc1cccs1)#Cc1cccs1. The molecule has 0 fully saturated rings. The normalized spacial score (nSPS) is 8.29. The lowest BCUT2D eigenvalue weighted by Crippen LogP contribution is -1.60. The van der Waals surface area contributed by atoms with Crippen molar-refractivity contribution in [3.05, 3.63) is 44.8 Å². The lowest BCUT2D eigenvalue weighted by molar-refractivity contribution is 1.93. The van der Waals surface area contributed by atoms with Gasteiger partial charge in [-0.2, -0.15) is 0 Å². The molecule has 2 aromatic rings. The molecule has 0 saturated heterocycles. The maximum absolute atomic E-state index is 2.99. The molecule has 2 heterocycles. The van der Waals surface area contributed by atoms with E-state index in [0.29, 0.717) is 0 Å². The average Bonchev–Trinajstić information content (AvgIpc) is 2.86. The van der Waals surface area contributed by atoms with Crippen LogP contribution in [0.4, 0.5) is 0 Å². The molecule has 2 heteroatoms. The van der Waals surface area contributed by atoms with E-state index in [4.69, 9.17) is 0 Å². The quantitative estimate of drug-likeness (QED) is 0.591. The van der Waals surface area contributed by atoms with E-state index in [1.54, 1.807) is 22.7 Å². The molecule has 0 bridgehead atoms. The number of hydrogen-bond donors (Lipinski definition) is 0. The first-order valence-electron chi connectivity index (χ1n) is 4.04. The molecule has 0 aromatic carbocycles. The molecule has 0 aliphatic carbocycles. The fraction of sp³-hybridized carbons (Fsp3) is 0. The van der Waals surface area contributed by atoms with Gasteiger partial charge in [0.1, 0.15) is 0 Å². The molecule has 0 unspecified atom stereocenters. The van der Waals surface area contributed by atoms with Crippen LogP contribution in [0, 0.1) is 23.7 Å². The highest BCUT2D eigenvalue weighted by atomic mass is 32.1. The maximum atomic E-state index is 2.99. The summed E-state index contributed by atoms with van der Waals surface area (Å²) in [6.45, 7) is 0. The van der Waals surface area contributed by atoms with Crippen LogP contribution in [0.1, 0.15) is 9.75 Å². The zero-order valence-corrected chi connectivity index (χ0v) is 8.91. The van der Waals surface area contributed by atoms with Crippen LogP contribution in [0.5, 0.6) is 0 Å². The van der Waals surface area contributed by atoms with Gasteiger partial charge in [0.05, 0.1) is 9.75 Å². The highest BCUT2D eigenvalue weighted by Gasteiger charge is 1.83. The summed E-state index contributed by atoms with van der Waals surface area (Å²) < 4.78 is 0. The van der Waals surface area contributed by atoms with Gasteiger partial charge in [0.25, 0.3) is 0 Å². The van der Waals surface area contributed by atoms with Gasteiger partial charge < -0.3 is 0 Å². The van der Waals surface area contributed by atoms with E-state index in [0.717, 1.165) is 9.75 Å². The molecule has 66 valence electrons. The average molecular weight is 214 g/mol. The molecular weight excluding hydrogens is 208 g/mol. The molecule has 0 N–H and O–H groups in total. The van der Waals surface area contributed by atoms with Gasteiger partial charge >= 0.3 is 0 Å². The molecule has 0 spiro atoms. The molecular formula is C12H6S2. The van der Waals surface area contributed by atoms with Crippen molar-refractivity contribution >= 4 is 22.7 Å². The summed E-state index contributed by atoms with van der Waals surface area (Å²) >= 11 is 3.26. The lowest BCUT2D eigenvalue weighted by Gasteiger charge is -1.72. The van der Waals surface area contributed by atoms with Crippen LogP contribution in [0.2, 0.25) is 0 Å². The molecule has 0 saturated carbocycles. The number of hydrogen-bond acceptors (Lipinski definition) is 2. The van der Waals surface area contributed by atoms with E-state index in [2.05, 4.69) is 23.7 Å². The van der Waals surface area contributed by atoms with E-state index >= 15 is 0 Å². The third-order valence-electron chi connectivity index (χ3n) is 1.48. The van der Waals surface area contributed by atoms with Crippen molar-refractivity contribution in [2.75, 3.05) is 0 Å². The van der Waals surface area contributed by atoms with Crippen molar-refractivity contribution in [3.8, 4) is 23.7 Å². The molecule has 2 aromatic heterocycles. The van der Waals surface area contributed by atoms with Gasteiger partial charge in [0, 0.05) is 0 Å². The summed E-state index contributed by atoms with van der Waals surface area (Å²) in [5.74, 6) is 11.6. The zero-order valence-electron chi connectivity index (χ0n) is 7.28. The van der Waals surface area contributed by atoms with Gasteiger partial charge in [-0.25, -0.2) is 0 Å². The Balaban J connectivity index is 2.07. The zero-order chi connectivity index (χ0) is 9.64. The lowest BCUT2D eigenvalue weighted by atomic mass is 10.4. The van der Waals surface area contributed by atoms with Crippen molar-refractivity contribution < 1.29 is 0 Å². The van der Waals surface area contributed by atoms with Gasteiger partial charge in [0.15, 0.2) is 0 Å². The molecule has 0 nitrogen and oxygen atoms in total. The predicted octanol–water partition coefficient (Wildman–Crippen LogP) is 3.21. The van der Waals surface area contributed by atoms with Crippen LogP contribution < -0.4 is 0 Å². The van der Waals surface area contributed by atoms with E-state index in [9.17, 15) is 0 Å². The van der Waals surface area contributed by atoms with Crippen LogP contribution in [-0.4, -0.2) is 0 Å². The monoisotopic (exact) mass is 214 g/mol. The standard InChI is InChI=1S/C12H6S2/c1(5-11-7-3-9-13-11)2-6-12-8-4-10-14-12/h3-4,7-10H. The third-order valence-corrected chi connectivity index (χ3v) is 3.05. The van der Waals surface area contributed by atoms with Crippen LogP contribution in [0.3, 0.4) is 0 Å². The fourth-order valence-corrected chi connectivity index (χ4v) is 2.03. The maximum Gasteiger partial charge on any atom is 0.0778 e. The summed E-state index contributed by atoms with van der Waals surface area (Å²) in [5.41, 5.74) is 0. The van der Waals surface area contributed by atoms with Crippen molar-refractivity contribution in [1.29, 1.82) is 0 Å². The molecule has 0 radical (unpaired) electrons. The summed E-state index contributed by atoms with van der Waals surface area (Å²) in [6.07, 6.45) is 0. The third kappa shape index (κ3) is 2.50. The molecule has 2 rings (SSSR count). The Morgan fingerprint density at radius 3 is 1.64 bits per heavy atom. The predicted molar refractivity (Wildman–Crippen MR) is 62.4 cm³/mol. The van der Waals surface area contributed by atoms with Crippen LogP contribution >= 0.6 is 22.7 Å². The minimum atomic E-state index is 1.06. The van der Waals surface area contributed by atoms with Crippen molar-refractivity contribution in [1.82, 2.24) is 0 Å². The van der Waals surface area contributed by atoms with Crippen molar-refractivity contribution in [2.24, 2.45) is 0 Å². The second-order valence-electron chi connectivity index (χ2n) is 2.45. The Bertz CT molecular complexity index is 446. The molecule has 0 aliphatic heterocycles. The Morgan fingerprint density at radius 1 is 0.786 bits per heavy atom. The summed E-state index contributed by atoms with van der Waals surface area (Å²) in [6, 6.07) is 7.96. The van der Waals surface area contributed by atoms with E-state index in [-0.39, 0.29) is 0 Å². The topological polar surface area (TPSA) is 0 Å². The van der Waals surface area contributed by atoms with Gasteiger partial charge in [0.2, 0.25) is 0 Å². The highest BCUT2D eigenvalue weighted by molar-refractivity contribution is 7.10. The van der Waals surface area contributed by atoms with Crippen LogP contribution in [0.25, 0.3) is 0 Å². The molecule has 14 heavy (non-hydrogen) atoms. The first-order chi connectivity index (χ1) is 6.95. The Hall–Kier alpha value is -1.48. The summed E-state index contributed by atoms with van der Waals surface area (Å²) in [7, 11) is 0. The van der Waals surface area contributed by atoms with E-state index in [1.165, 1.54) is 0 Å². The number of rotatable bonds is 0. The second kappa shape index (κ2) is 4.67. The second-order valence-corrected chi connectivity index (χ2v) is 4.35. The Morgan fingerprint density at radius 2 is 1.29 bits per heavy atom. The smallest absolute Gasteiger partial charge is 0.0778 e. The van der Waals surface area contributed by atoms with Crippen molar-refractivity contribution in [3.63, 3.8) is 0 Å². The minimum absolute atomic E-state index is 1.06. The fourth-order valence-electron chi connectivity index (χ4n) is 0.885. The van der Waals surface area contributed by atoms with Gasteiger partial charge in [-0.05, 0) is 46.6 Å². The van der Waals surface area contributed by atoms with Crippen LogP contribution in [0.15, 0.2) is 35.0 Å². The summed E-state index contributed by atoms with van der Waals surface area (Å²) in [5, 5.41) is 4.02. The van der Waals surface area contributed by atoms with Gasteiger partial charge in [-0.15, -0.1) is 22.7 Å². The van der Waals surface area contributed by atoms with Gasteiger partial charge in [-0.3, -0.25) is 0 Å². The summed E-state index contributed by atoms with van der Waals surface area (Å²) in [4.78, 5) is 2.12. The molecule has 0 aliphatic rings. The van der Waals surface area contributed by atoms with E-state index in [1.807, 2.05) is 35.0 Å². The first-order valence-corrected chi connectivity index (χ1v) is 5.80. The molecule has 0 amide bonds. The van der Waals surface area contributed by atoms with Crippen molar-refractivity contribution in [2.45, 2.75) is 0 Å². The van der Waals surface area contributed by atoms with Gasteiger partial charge in [-0.1, -0.05) is 12.1 Å². The van der Waals surface area contributed by atoms with Crippen LogP contribution in [-0.2, 0) is 0 Å².